The fraction of sp³-hybridized carbons (Fsp3) is 0.300. The normalized spacial score (nSPS) is 11.8. The van der Waals surface area contributed by atoms with Gasteiger partial charge < -0.3 is 15.2 Å². The van der Waals surface area contributed by atoms with Crippen molar-refractivity contribution in [3.63, 3.8) is 0 Å². The van der Waals surface area contributed by atoms with Crippen LogP contribution in [0.2, 0.25) is 0 Å². The number of carboxylic acid groups (broad SMARTS) is 1. The number of nitrogens with one attached hydrogen (secondary N) is 1. The van der Waals surface area contributed by atoms with E-state index in [0.29, 0.717) is 23.8 Å². The van der Waals surface area contributed by atoms with Crippen LogP contribution in [0.25, 0.3) is 0 Å². The molecule has 0 aromatic heterocycles. The minimum Gasteiger partial charge on any atom is -0.493 e. The van der Waals surface area contributed by atoms with Gasteiger partial charge >= 0.3 is 5.97 Å². The van der Waals surface area contributed by atoms with E-state index in [1.54, 1.807) is 36.4 Å². The van der Waals surface area contributed by atoms with Crippen LogP contribution < -0.4 is 10.1 Å². The molecule has 0 unspecified atom stereocenters. The number of carbonyl (C=O) groups is 2. The minimum absolute atomic E-state index is 0.175. The summed E-state index contributed by atoms with van der Waals surface area (Å²) in [4.78, 5) is 23.5. The molecule has 0 saturated carbocycles. The van der Waals surface area contributed by atoms with E-state index in [9.17, 15) is 9.59 Å². The van der Waals surface area contributed by atoms with Gasteiger partial charge in [0, 0.05) is 5.56 Å². The van der Waals surface area contributed by atoms with E-state index in [4.69, 9.17) is 9.84 Å². The zero-order chi connectivity index (χ0) is 18.2. The van der Waals surface area contributed by atoms with E-state index in [2.05, 4.69) is 19.2 Å². The van der Waals surface area contributed by atoms with Gasteiger partial charge in [-0.15, -0.1) is 0 Å². The van der Waals surface area contributed by atoms with E-state index >= 15 is 0 Å². The Morgan fingerprint density at radius 2 is 1.68 bits per heavy atom. The summed E-state index contributed by atoms with van der Waals surface area (Å²) >= 11 is 0. The first-order chi connectivity index (χ1) is 12.0. The van der Waals surface area contributed by atoms with Gasteiger partial charge in [-0.05, 0) is 35.7 Å². The third kappa shape index (κ3) is 5.95. The molecule has 0 spiro atoms. The van der Waals surface area contributed by atoms with Crippen molar-refractivity contribution < 1.29 is 19.4 Å². The van der Waals surface area contributed by atoms with Crippen molar-refractivity contribution in [1.29, 1.82) is 0 Å². The number of benzene rings is 2. The molecule has 0 aliphatic heterocycles. The quantitative estimate of drug-likeness (QED) is 0.768. The summed E-state index contributed by atoms with van der Waals surface area (Å²) in [6.07, 6.45) is -0.175. The van der Waals surface area contributed by atoms with Crippen LogP contribution in [0.4, 0.5) is 0 Å². The third-order valence-electron chi connectivity index (χ3n) is 3.59. The molecular weight excluding hydrogens is 318 g/mol. The van der Waals surface area contributed by atoms with Gasteiger partial charge in [0.15, 0.2) is 0 Å². The zero-order valence-corrected chi connectivity index (χ0v) is 14.4. The lowest BCUT2D eigenvalue weighted by Crippen LogP contribution is -2.30. The van der Waals surface area contributed by atoms with Crippen molar-refractivity contribution >= 4 is 11.9 Å². The maximum absolute atomic E-state index is 12.4. The molecule has 132 valence electrons. The molecule has 25 heavy (non-hydrogen) atoms. The molecule has 5 heteroatoms. The van der Waals surface area contributed by atoms with Gasteiger partial charge in [0.1, 0.15) is 5.75 Å². The van der Waals surface area contributed by atoms with Crippen molar-refractivity contribution in [2.24, 2.45) is 5.92 Å². The van der Waals surface area contributed by atoms with Gasteiger partial charge in [0.05, 0.1) is 19.1 Å². The average Bonchev–Trinajstić information content (AvgIpc) is 2.60. The van der Waals surface area contributed by atoms with Crippen molar-refractivity contribution in [3.8, 4) is 5.75 Å². The van der Waals surface area contributed by atoms with Crippen LogP contribution in [0, 0.1) is 5.92 Å². The Bertz CT molecular complexity index is 695. The highest BCUT2D eigenvalue weighted by atomic mass is 16.5. The van der Waals surface area contributed by atoms with Gasteiger partial charge in [-0.25, -0.2) is 0 Å². The van der Waals surface area contributed by atoms with E-state index in [1.165, 1.54) is 0 Å². The summed E-state index contributed by atoms with van der Waals surface area (Å²) in [5.41, 5.74) is 1.22. The van der Waals surface area contributed by atoms with Crippen LogP contribution in [0.5, 0.6) is 5.75 Å². The monoisotopic (exact) mass is 341 g/mol. The number of carbonyl (C=O) groups excluding carboxylic acids is 1. The van der Waals surface area contributed by atoms with Crippen LogP contribution in [-0.4, -0.2) is 23.6 Å². The molecule has 0 bridgehead atoms. The van der Waals surface area contributed by atoms with Gasteiger partial charge in [0.25, 0.3) is 5.91 Å². The fourth-order valence-corrected chi connectivity index (χ4v) is 2.32. The van der Waals surface area contributed by atoms with E-state index in [1.807, 2.05) is 18.2 Å². The molecule has 5 nitrogen and oxygen atoms in total. The standard InChI is InChI=1S/C20H23NO4/c1-14(2)13-25-17-10-8-16(9-11-17)20(24)21-18(12-19(22)23)15-6-4-3-5-7-15/h3-11,14,18H,12-13H2,1-2H3,(H,21,24)(H,22,23)/t18-/m0/s1. The lowest BCUT2D eigenvalue weighted by Gasteiger charge is -2.17. The van der Waals surface area contributed by atoms with E-state index in [0.717, 1.165) is 5.56 Å². The van der Waals surface area contributed by atoms with Gasteiger partial charge in [-0.2, -0.15) is 0 Å². The predicted octanol–water partition coefficient (Wildman–Crippen LogP) is 3.67. The molecule has 0 saturated heterocycles. The Morgan fingerprint density at radius 1 is 1.04 bits per heavy atom. The smallest absolute Gasteiger partial charge is 0.305 e. The summed E-state index contributed by atoms with van der Waals surface area (Å²) in [6.45, 7) is 4.74. The Morgan fingerprint density at radius 3 is 2.24 bits per heavy atom. The van der Waals surface area contributed by atoms with Crippen LogP contribution in [-0.2, 0) is 4.79 Å². The van der Waals surface area contributed by atoms with E-state index in [-0.39, 0.29) is 12.3 Å². The highest BCUT2D eigenvalue weighted by Gasteiger charge is 2.18. The molecule has 2 N–H and O–H groups in total. The Labute approximate surface area is 147 Å². The first kappa shape index (κ1) is 18.5. The molecule has 1 amide bonds. The van der Waals surface area contributed by atoms with Crippen LogP contribution in [0.15, 0.2) is 54.6 Å². The summed E-state index contributed by atoms with van der Waals surface area (Å²) in [6, 6.07) is 15.3. The second kappa shape index (κ2) is 8.87. The second-order valence-corrected chi connectivity index (χ2v) is 6.26. The van der Waals surface area contributed by atoms with Crippen molar-refractivity contribution in [1.82, 2.24) is 5.32 Å². The third-order valence-corrected chi connectivity index (χ3v) is 3.59. The van der Waals surface area contributed by atoms with Crippen LogP contribution in [0.3, 0.4) is 0 Å². The van der Waals surface area contributed by atoms with Crippen molar-refractivity contribution in [2.75, 3.05) is 6.61 Å². The van der Waals surface area contributed by atoms with Gasteiger partial charge in [-0.3, -0.25) is 9.59 Å². The van der Waals surface area contributed by atoms with Gasteiger partial charge in [-0.1, -0.05) is 44.2 Å². The fourth-order valence-electron chi connectivity index (χ4n) is 2.32. The number of hydrogen-bond donors (Lipinski definition) is 2. The summed E-state index contributed by atoms with van der Waals surface area (Å²) in [5, 5.41) is 11.9. The first-order valence-electron chi connectivity index (χ1n) is 8.26. The lowest BCUT2D eigenvalue weighted by molar-refractivity contribution is -0.137. The maximum Gasteiger partial charge on any atom is 0.305 e. The molecule has 2 aromatic rings. The Kier molecular flexibility index (Phi) is 6.57. The Hall–Kier alpha value is -2.82. The molecule has 2 rings (SSSR count). The van der Waals surface area contributed by atoms with Crippen molar-refractivity contribution in [2.45, 2.75) is 26.3 Å². The van der Waals surface area contributed by atoms with Gasteiger partial charge in [0.2, 0.25) is 0 Å². The summed E-state index contributed by atoms with van der Waals surface area (Å²) in [5.74, 6) is -0.155. The maximum atomic E-state index is 12.4. The molecule has 0 heterocycles. The zero-order valence-electron chi connectivity index (χ0n) is 14.4. The lowest BCUT2D eigenvalue weighted by atomic mass is 10.0. The summed E-state index contributed by atoms with van der Waals surface area (Å²) in [7, 11) is 0. The first-order valence-corrected chi connectivity index (χ1v) is 8.26. The molecule has 2 aromatic carbocycles. The highest BCUT2D eigenvalue weighted by Crippen LogP contribution is 2.18. The minimum atomic E-state index is -0.966. The molecule has 0 aliphatic rings. The molecule has 0 aliphatic carbocycles. The predicted molar refractivity (Wildman–Crippen MR) is 95.7 cm³/mol. The average molecular weight is 341 g/mol. The van der Waals surface area contributed by atoms with Crippen LogP contribution in [0.1, 0.15) is 42.2 Å². The molecule has 1 atom stereocenters. The molecule has 0 radical (unpaired) electrons. The topological polar surface area (TPSA) is 75.6 Å². The number of carboxylic acids is 1. The highest BCUT2D eigenvalue weighted by molar-refractivity contribution is 5.94. The molecule has 0 fully saturated rings. The Balaban J connectivity index is 2.06. The van der Waals surface area contributed by atoms with Crippen molar-refractivity contribution in [3.05, 3.63) is 65.7 Å². The number of aliphatic carboxylic acids is 1. The number of hydrogen-bond acceptors (Lipinski definition) is 3. The second-order valence-electron chi connectivity index (χ2n) is 6.26. The largest absolute Gasteiger partial charge is 0.493 e. The number of ether oxygens (including phenoxy) is 1. The summed E-state index contributed by atoms with van der Waals surface area (Å²) < 4.78 is 5.60. The number of amides is 1. The van der Waals surface area contributed by atoms with E-state index < -0.39 is 12.0 Å². The van der Waals surface area contributed by atoms with Crippen LogP contribution >= 0.6 is 0 Å². The molecular formula is C20H23NO4. The number of rotatable bonds is 8. The SMILES string of the molecule is CC(C)COc1ccc(C(=O)N[C@@H](CC(=O)O)c2ccccc2)cc1.